The minimum absolute atomic E-state index is 0.556. The Hall–Kier alpha value is 0.120. The van der Waals surface area contributed by atoms with Crippen molar-refractivity contribution < 1.29 is 0 Å². The van der Waals surface area contributed by atoms with Gasteiger partial charge in [0.2, 0.25) is 0 Å². The predicted octanol–water partition coefficient (Wildman–Crippen LogP) is 2.51. The van der Waals surface area contributed by atoms with E-state index >= 15 is 0 Å². The maximum absolute atomic E-state index is 5.07. The summed E-state index contributed by atoms with van der Waals surface area (Å²) in [6.45, 7) is 6.75. The third-order valence-electron chi connectivity index (χ3n) is 0.238. The highest BCUT2D eigenvalue weighted by molar-refractivity contribution is 7.80. The average molecular weight is 151 g/mol. The van der Waals surface area contributed by atoms with Gasteiger partial charge in [-0.1, -0.05) is 12.2 Å². The lowest BCUT2D eigenvalue weighted by atomic mass is 10.8. The van der Waals surface area contributed by atoms with E-state index in [9.17, 15) is 0 Å². The van der Waals surface area contributed by atoms with Crippen LogP contribution < -0.4 is 0 Å². The normalized spacial score (nSPS) is 6.25. The number of rotatable bonds is 2. The molecule has 8 heavy (non-hydrogen) atoms. The molecule has 0 radical (unpaired) electrons. The summed E-state index contributed by atoms with van der Waals surface area (Å²) in [4.78, 5) is 0. The molecule has 0 saturated heterocycles. The van der Waals surface area contributed by atoms with Gasteiger partial charge in [0.15, 0.2) is 0 Å². The molecule has 0 atom stereocenters. The Labute approximate surface area is 61.6 Å². The van der Waals surface area contributed by atoms with Gasteiger partial charge >= 0.3 is 0 Å². The molecule has 2 heteroatoms. The van der Waals surface area contributed by atoms with Crippen LogP contribution in [0.4, 0.5) is 0 Å². The second-order valence-electron chi connectivity index (χ2n) is 0.914. The summed E-state index contributed by atoms with van der Waals surface area (Å²) in [7, 11) is 0. The van der Waals surface area contributed by atoms with Gasteiger partial charge in [0, 0.05) is 11.6 Å². The summed E-state index contributed by atoms with van der Waals surface area (Å²) in [5.74, 6) is 1.33. The third kappa shape index (κ3) is 35.7. The Kier molecular flexibility index (Phi) is 21.6. The topological polar surface area (TPSA) is 0 Å². The minimum atomic E-state index is 0.556. The first-order valence-corrected chi connectivity index (χ1v) is 3.38. The number of hydrogen-bond donors (Lipinski definition) is 1. The van der Waals surface area contributed by atoms with E-state index < -0.39 is 0 Å². The Morgan fingerprint density at radius 1 is 1.38 bits per heavy atom. The SMILES string of the molecule is C=CCCl.C=CCS. The fourth-order valence-electron chi connectivity index (χ4n) is 0. The summed E-state index contributed by atoms with van der Waals surface area (Å²) in [5, 5.41) is 0. The number of alkyl halides is 1. The largest absolute Gasteiger partial charge is 0.175 e. The molecule has 0 aromatic heterocycles. The Bertz CT molecular complexity index is 44.5. The summed E-state index contributed by atoms with van der Waals surface area (Å²) in [6.07, 6.45) is 3.38. The van der Waals surface area contributed by atoms with Crippen molar-refractivity contribution in [2.75, 3.05) is 11.6 Å². The van der Waals surface area contributed by atoms with Crippen LogP contribution in [0, 0.1) is 0 Å². The number of hydrogen-bond acceptors (Lipinski definition) is 1. The van der Waals surface area contributed by atoms with Gasteiger partial charge in [-0.25, -0.2) is 0 Å². The molecule has 0 bridgehead atoms. The first-order valence-electron chi connectivity index (χ1n) is 2.22. The first-order chi connectivity index (χ1) is 3.83. The average Bonchev–Trinajstić information content (AvgIpc) is 1.88. The molecule has 0 aliphatic heterocycles. The Morgan fingerprint density at radius 3 is 1.62 bits per heavy atom. The molecule has 0 saturated carbocycles. The molecule has 0 nitrogen and oxygen atoms in total. The number of thiol groups is 1. The van der Waals surface area contributed by atoms with Gasteiger partial charge in [-0.3, -0.25) is 0 Å². The van der Waals surface area contributed by atoms with Crippen molar-refractivity contribution in [1.29, 1.82) is 0 Å². The highest BCUT2D eigenvalue weighted by Crippen LogP contribution is 1.67. The highest BCUT2D eigenvalue weighted by atomic mass is 35.5. The van der Waals surface area contributed by atoms with E-state index in [0.29, 0.717) is 5.88 Å². The molecule has 0 aliphatic carbocycles. The van der Waals surface area contributed by atoms with Gasteiger partial charge in [0.25, 0.3) is 0 Å². The zero-order chi connectivity index (χ0) is 6.83. The van der Waals surface area contributed by atoms with Crippen molar-refractivity contribution in [3.05, 3.63) is 25.3 Å². The van der Waals surface area contributed by atoms with Crippen molar-refractivity contribution in [2.24, 2.45) is 0 Å². The molecule has 0 spiro atoms. The van der Waals surface area contributed by atoms with Gasteiger partial charge < -0.3 is 0 Å². The smallest absolute Gasteiger partial charge is 0.0401 e. The predicted molar refractivity (Wildman–Crippen MR) is 45.0 cm³/mol. The van der Waals surface area contributed by atoms with Crippen LogP contribution in [0.3, 0.4) is 0 Å². The van der Waals surface area contributed by atoms with Crippen molar-refractivity contribution >= 4 is 24.2 Å². The highest BCUT2D eigenvalue weighted by Gasteiger charge is 1.48. The molecule has 0 aromatic rings. The van der Waals surface area contributed by atoms with Crippen LogP contribution in [0.15, 0.2) is 25.3 Å². The second-order valence-corrected chi connectivity index (χ2v) is 1.59. The number of halogens is 1. The summed E-state index contributed by atoms with van der Waals surface area (Å²) >= 11 is 8.87. The molecule has 48 valence electrons. The summed E-state index contributed by atoms with van der Waals surface area (Å²) in [5.41, 5.74) is 0. The third-order valence-corrected chi connectivity index (χ3v) is 0.715. The van der Waals surface area contributed by atoms with Crippen LogP contribution in [0.5, 0.6) is 0 Å². The van der Waals surface area contributed by atoms with E-state index in [1.807, 2.05) is 0 Å². The van der Waals surface area contributed by atoms with E-state index in [4.69, 9.17) is 11.6 Å². The molecular weight excluding hydrogens is 140 g/mol. The monoisotopic (exact) mass is 150 g/mol. The standard InChI is InChI=1S/C3H5Cl.C3H6S/c2*1-2-3-4/h2H,1,3H2;2,4H,1,3H2. The Morgan fingerprint density at radius 2 is 1.62 bits per heavy atom. The molecular formula is C6H11ClS. The van der Waals surface area contributed by atoms with Gasteiger partial charge in [0.1, 0.15) is 0 Å². The van der Waals surface area contributed by atoms with Crippen LogP contribution in [0.2, 0.25) is 0 Å². The van der Waals surface area contributed by atoms with Crippen LogP contribution in [-0.2, 0) is 0 Å². The maximum atomic E-state index is 5.07. The zero-order valence-electron chi connectivity index (χ0n) is 4.81. The fourth-order valence-corrected chi connectivity index (χ4v) is 0. The van der Waals surface area contributed by atoms with Crippen molar-refractivity contribution in [1.82, 2.24) is 0 Å². The van der Waals surface area contributed by atoms with Gasteiger partial charge in [-0.2, -0.15) is 12.6 Å². The van der Waals surface area contributed by atoms with Crippen molar-refractivity contribution in [2.45, 2.75) is 0 Å². The molecule has 0 unspecified atom stereocenters. The quantitative estimate of drug-likeness (QED) is 0.349. The number of allylic oxidation sites excluding steroid dienone is 1. The van der Waals surface area contributed by atoms with E-state index in [1.165, 1.54) is 0 Å². The van der Waals surface area contributed by atoms with Crippen molar-refractivity contribution in [3.8, 4) is 0 Å². The fraction of sp³-hybridized carbons (Fsp3) is 0.333. The van der Waals surface area contributed by atoms with E-state index in [-0.39, 0.29) is 0 Å². The second kappa shape index (κ2) is 15.7. The maximum Gasteiger partial charge on any atom is 0.0401 e. The lowest BCUT2D eigenvalue weighted by molar-refractivity contribution is 1.80. The van der Waals surface area contributed by atoms with E-state index in [1.54, 1.807) is 12.2 Å². The lowest BCUT2D eigenvalue weighted by Gasteiger charge is -1.57. The molecule has 0 amide bonds. The molecule has 0 aliphatic rings. The Balaban J connectivity index is 0. The van der Waals surface area contributed by atoms with E-state index in [2.05, 4.69) is 25.8 Å². The molecule has 0 heterocycles. The van der Waals surface area contributed by atoms with Crippen LogP contribution >= 0.6 is 24.2 Å². The molecule has 0 aromatic carbocycles. The first kappa shape index (κ1) is 11.0. The lowest BCUT2D eigenvalue weighted by Crippen LogP contribution is -1.45. The van der Waals surface area contributed by atoms with Crippen LogP contribution in [0.1, 0.15) is 0 Å². The summed E-state index contributed by atoms with van der Waals surface area (Å²) < 4.78 is 0. The van der Waals surface area contributed by atoms with Gasteiger partial charge in [-0.05, 0) is 0 Å². The van der Waals surface area contributed by atoms with Crippen LogP contribution in [0.25, 0.3) is 0 Å². The van der Waals surface area contributed by atoms with Gasteiger partial charge in [0.05, 0.1) is 0 Å². The van der Waals surface area contributed by atoms with Crippen molar-refractivity contribution in [3.63, 3.8) is 0 Å². The van der Waals surface area contributed by atoms with E-state index in [0.717, 1.165) is 5.75 Å². The van der Waals surface area contributed by atoms with Crippen LogP contribution in [-0.4, -0.2) is 11.6 Å². The van der Waals surface area contributed by atoms with Gasteiger partial charge in [-0.15, -0.1) is 24.8 Å². The summed E-state index contributed by atoms with van der Waals surface area (Å²) in [6, 6.07) is 0. The zero-order valence-corrected chi connectivity index (χ0v) is 6.46. The molecule has 0 fully saturated rings. The molecule has 0 N–H and O–H groups in total. The minimum Gasteiger partial charge on any atom is -0.175 e. The molecule has 0 rings (SSSR count).